The highest BCUT2D eigenvalue weighted by Gasteiger charge is 2.43. The topological polar surface area (TPSA) is 46.5 Å². The van der Waals surface area contributed by atoms with Crippen molar-refractivity contribution in [3.05, 3.63) is 29.8 Å². The first-order valence-corrected chi connectivity index (χ1v) is 7.61. The Morgan fingerprint density at radius 2 is 2.05 bits per heavy atom. The quantitative estimate of drug-likeness (QED) is 0.778. The van der Waals surface area contributed by atoms with Crippen molar-refractivity contribution in [3.8, 4) is 5.75 Å². The van der Waals surface area contributed by atoms with E-state index >= 15 is 0 Å². The lowest BCUT2D eigenvalue weighted by Gasteiger charge is -2.15. The summed E-state index contributed by atoms with van der Waals surface area (Å²) in [6, 6.07) is 8.29. The van der Waals surface area contributed by atoms with Crippen LogP contribution in [0.2, 0.25) is 0 Å². The van der Waals surface area contributed by atoms with Crippen LogP contribution in [0.15, 0.2) is 24.3 Å². The number of carbonyl (C=O) groups is 1. The molecule has 2 rings (SSSR count). The Kier molecular flexibility index (Phi) is 5.05. The summed E-state index contributed by atoms with van der Waals surface area (Å²) in [7, 11) is 0. The molecule has 1 aliphatic carbocycles. The Hall–Kier alpha value is -1.51. The molecule has 0 radical (unpaired) electrons. The number of aliphatic carboxylic acids is 1. The van der Waals surface area contributed by atoms with Crippen LogP contribution in [0.5, 0.6) is 5.75 Å². The van der Waals surface area contributed by atoms with Crippen LogP contribution >= 0.6 is 0 Å². The third-order valence-corrected chi connectivity index (χ3v) is 4.14. The van der Waals surface area contributed by atoms with Crippen LogP contribution in [0, 0.1) is 11.8 Å². The summed E-state index contributed by atoms with van der Waals surface area (Å²) in [4.78, 5) is 10.9. The third-order valence-electron chi connectivity index (χ3n) is 4.14. The van der Waals surface area contributed by atoms with Crippen LogP contribution in [-0.4, -0.2) is 17.7 Å². The maximum atomic E-state index is 10.9. The number of benzene rings is 1. The predicted octanol–water partition coefficient (Wildman–Crippen LogP) is 4.08. The molecule has 0 aliphatic heterocycles. The van der Waals surface area contributed by atoms with E-state index in [0.717, 1.165) is 38.0 Å². The Morgan fingerprint density at radius 3 is 2.55 bits per heavy atom. The van der Waals surface area contributed by atoms with Gasteiger partial charge in [-0.25, -0.2) is 0 Å². The second kappa shape index (κ2) is 6.78. The van der Waals surface area contributed by atoms with Crippen LogP contribution in [0.25, 0.3) is 0 Å². The molecule has 1 N–H and O–H groups in total. The van der Waals surface area contributed by atoms with Crippen LogP contribution in [0.3, 0.4) is 0 Å². The molecule has 0 spiro atoms. The molecule has 0 saturated heterocycles. The van der Waals surface area contributed by atoms with Gasteiger partial charge in [-0.05, 0) is 55.2 Å². The molecule has 1 fully saturated rings. The van der Waals surface area contributed by atoms with Crippen molar-refractivity contribution in [1.29, 1.82) is 0 Å². The van der Waals surface area contributed by atoms with Crippen LogP contribution in [-0.2, 0) is 4.79 Å². The van der Waals surface area contributed by atoms with E-state index in [1.165, 1.54) is 5.56 Å². The minimum Gasteiger partial charge on any atom is -0.494 e. The lowest BCUT2D eigenvalue weighted by atomic mass is 9.90. The number of carboxylic acid groups (broad SMARTS) is 1. The average molecular weight is 276 g/mol. The van der Waals surface area contributed by atoms with Gasteiger partial charge in [-0.3, -0.25) is 4.79 Å². The van der Waals surface area contributed by atoms with Gasteiger partial charge >= 0.3 is 5.97 Å². The molecule has 1 aliphatic rings. The molecule has 3 heteroatoms. The summed E-state index contributed by atoms with van der Waals surface area (Å²) in [6.45, 7) is 5.01. The van der Waals surface area contributed by atoms with E-state index in [-0.39, 0.29) is 5.92 Å². The molecule has 0 amide bonds. The van der Waals surface area contributed by atoms with Gasteiger partial charge < -0.3 is 9.84 Å². The van der Waals surface area contributed by atoms with E-state index in [1.807, 2.05) is 12.1 Å². The lowest BCUT2D eigenvalue weighted by molar-refractivity contribution is -0.138. The summed E-state index contributed by atoms with van der Waals surface area (Å²) in [6.07, 6.45) is 3.90. The number of rotatable bonds is 8. The van der Waals surface area contributed by atoms with Gasteiger partial charge in [-0.15, -0.1) is 0 Å². The lowest BCUT2D eigenvalue weighted by Crippen LogP contribution is -2.04. The van der Waals surface area contributed by atoms with Gasteiger partial charge in [0.15, 0.2) is 0 Å². The Bertz CT molecular complexity index is 438. The summed E-state index contributed by atoms with van der Waals surface area (Å²) in [5, 5.41) is 8.98. The molecule has 0 heterocycles. The van der Waals surface area contributed by atoms with Gasteiger partial charge in [0.2, 0.25) is 0 Å². The summed E-state index contributed by atoms with van der Waals surface area (Å²) >= 11 is 0. The molecule has 0 aromatic heterocycles. The monoisotopic (exact) mass is 276 g/mol. The van der Waals surface area contributed by atoms with E-state index in [9.17, 15) is 4.79 Å². The zero-order chi connectivity index (χ0) is 14.5. The van der Waals surface area contributed by atoms with Crippen LogP contribution in [0.1, 0.15) is 51.0 Å². The standard InChI is InChI=1S/C17H24O3/c1-3-9-20-15-7-5-13(6-8-15)12(4-2)10-14-11-16(14)17(18)19/h5-8,12,14,16H,3-4,9-11H2,1-2H3,(H,18,19). The molecule has 1 saturated carbocycles. The fourth-order valence-corrected chi connectivity index (χ4v) is 2.77. The summed E-state index contributed by atoms with van der Waals surface area (Å²) in [5.74, 6) is 1.02. The van der Waals surface area contributed by atoms with E-state index in [4.69, 9.17) is 9.84 Å². The molecular weight excluding hydrogens is 252 g/mol. The number of hydrogen-bond donors (Lipinski definition) is 1. The van der Waals surface area contributed by atoms with Crippen molar-refractivity contribution >= 4 is 5.97 Å². The zero-order valence-electron chi connectivity index (χ0n) is 12.3. The largest absolute Gasteiger partial charge is 0.494 e. The maximum Gasteiger partial charge on any atom is 0.306 e. The maximum absolute atomic E-state index is 10.9. The number of hydrogen-bond acceptors (Lipinski definition) is 2. The second-order valence-electron chi connectivity index (χ2n) is 5.70. The SMILES string of the molecule is CCCOc1ccc(C(CC)CC2CC2C(=O)O)cc1. The molecule has 3 atom stereocenters. The first-order chi connectivity index (χ1) is 9.65. The fraction of sp³-hybridized carbons (Fsp3) is 0.588. The number of ether oxygens (including phenoxy) is 1. The van der Waals surface area contributed by atoms with E-state index in [0.29, 0.717) is 11.8 Å². The van der Waals surface area contributed by atoms with Gasteiger partial charge in [-0.2, -0.15) is 0 Å². The molecular formula is C17H24O3. The summed E-state index contributed by atoms with van der Waals surface area (Å²) < 4.78 is 5.59. The summed E-state index contributed by atoms with van der Waals surface area (Å²) in [5.41, 5.74) is 1.30. The molecule has 3 unspecified atom stereocenters. The van der Waals surface area contributed by atoms with E-state index < -0.39 is 5.97 Å². The smallest absolute Gasteiger partial charge is 0.306 e. The second-order valence-corrected chi connectivity index (χ2v) is 5.70. The minimum absolute atomic E-state index is 0.101. The van der Waals surface area contributed by atoms with Gasteiger partial charge in [0, 0.05) is 0 Å². The Balaban J connectivity index is 1.92. The van der Waals surface area contributed by atoms with Gasteiger partial charge in [0.1, 0.15) is 5.75 Å². The van der Waals surface area contributed by atoms with Crippen molar-refractivity contribution in [2.45, 2.75) is 45.4 Å². The van der Waals surface area contributed by atoms with E-state index in [1.54, 1.807) is 0 Å². The molecule has 1 aromatic carbocycles. The molecule has 3 nitrogen and oxygen atoms in total. The van der Waals surface area contributed by atoms with Crippen molar-refractivity contribution in [2.24, 2.45) is 11.8 Å². The molecule has 0 bridgehead atoms. The van der Waals surface area contributed by atoms with Gasteiger partial charge in [0.05, 0.1) is 12.5 Å². The molecule has 20 heavy (non-hydrogen) atoms. The minimum atomic E-state index is -0.631. The van der Waals surface area contributed by atoms with Crippen molar-refractivity contribution in [2.75, 3.05) is 6.61 Å². The normalized spacial score (nSPS) is 22.3. The van der Waals surface area contributed by atoms with Crippen molar-refractivity contribution in [1.82, 2.24) is 0 Å². The predicted molar refractivity (Wildman–Crippen MR) is 79.1 cm³/mol. The molecule has 1 aromatic rings. The third kappa shape index (κ3) is 3.75. The Labute approximate surface area is 121 Å². The first kappa shape index (κ1) is 14.9. The van der Waals surface area contributed by atoms with Crippen LogP contribution < -0.4 is 4.74 Å². The average Bonchev–Trinajstić information content (AvgIpc) is 3.23. The van der Waals surface area contributed by atoms with Crippen molar-refractivity contribution in [3.63, 3.8) is 0 Å². The number of carboxylic acids is 1. The molecule has 110 valence electrons. The van der Waals surface area contributed by atoms with Gasteiger partial charge in [0.25, 0.3) is 0 Å². The zero-order valence-corrected chi connectivity index (χ0v) is 12.3. The fourth-order valence-electron chi connectivity index (χ4n) is 2.77. The van der Waals surface area contributed by atoms with E-state index in [2.05, 4.69) is 26.0 Å². The highest BCUT2D eigenvalue weighted by molar-refractivity contribution is 5.73. The Morgan fingerprint density at radius 1 is 1.35 bits per heavy atom. The first-order valence-electron chi connectivity index (χ1n) is 7.61. The highest BCUT2D eigenvalue weighted by Crippen LogP contribution is 2.46. The van der Waals surface area contributed by atoms with Crippen LogP contribution in [0.4, 0.5) is 0 Å². The van der Waals surface area contributed by atoms with Gasteiger partial charge in [-0.1, -0.05) is 26.0 Å². The van der Waals surface area contributed by atoms with Crippen molar-refractivity contribution < 1.29 is 14.6 Å². The highest BCUT2D eigenvalue weighted by atomic mass is 16.5.